The van der Waals surface area contributed by atoms with Crippen LogP contribution in [0.5, 0.6) is 0 Å². The van der Waals surface area contributed by atoms with Crippen molar-refractivity contribution in [2.45, 2.75) is 51.1 Å². The van der Waals surface area contributed by atoms with Crippen molar-refractivity contribution in [3.05, 3.63) is 59.7 Å². The van der Waals surface area contributed by atoms with Gasteiger partial charge in [-0.15, -0.1) is 0 Å². The van der Waals surface area contributed by atoms with E-state index in [9.17, 15) is 18.0 Å². The Labute approximate surface area is 202 Å². The summed E-state index contributed by atoms with van der Waals surface area (Å²) in [4.78, 5) is 26.3. The molecule has 1 heterocycles. The first-order chi connectivity index (χ1) is 16.1. The smallest absolute Gasteiger partial charge is 0.251 e. The first kappa shape index (κ1) is 25.9. The maximum absolute atomic E-state index is 12.6. The number of nitrogens with one attached hydrogen (secondary N) is 3. The summed E-state index contributed by atoms with van der Waals surface area (Å²) in [5.74, 6) is 0.316. The molecule has 0 radical (unpaired) electrons. The van der Waals surface area contributed by atoms with Gasteiger partial charge < -0.3 is 15.5 Å². The highest BCUT2D eigenvalue weighted by Gasteiger charge is 2.21. The van der Waals surface area contributed by atoms with E-state index in [-0.39, 0.29) is 29.3 Å². The van der Waals surface area contributed by atoms with E-state index in [4.69, 9.17) is 0 Å². The molecule has 3 N–H and O–H groups in total. The molecule has 184 valence electrons. The number of hydrogen-bond acceptors (Lipinski definition) is 5. The van der Waals surface area contributed by atoms with Crippen molar-refractivity contribution in [2.24, 2.45) is 5.92 Å². The molecule has 0 spiro atoms. The van der Waals surface area contributed by atoms with E-state index in [1.807, 2.05) is 0 Å². The molecule has 34 heavy (non-hydrogen) atoms. The molecule has 0 aromatic heterocycles. The van der Waals surface area contributed by atoms with Crippen LogP contribution in [-0.2, 0) is 21.4 Å². The average molecular weight is 487 g/mol. The van der Waals surface area contributed by atoms with Crippen molar-refractivity contribution < 1.29 is 18.0 Å². The minimum atomic E-state index is -3.71. The van der Waals surface area contributed by atoms with Crippen LogP contribution >= 0.6 is 0 Å². The van der Waals surface area contributed by atoms with Crippen LogP contribution in [0.2, 0.25) is 0 Å². The number of hydrogen-bond donors (Lipinski definition) is 3. The van der Waals surface area contributed by atoms with Crippen molar-refractivity contribution in [2.75, 3.05) is 25.0 Å². The highest BCUT2D eigenvalue weighted by molar-refractivity contribution is 7.89. The second-order valence-electron chi connectivity index (χ2n) is 9.17. The van der Waals surface area contributed by atoms with Crippen molar-refractivity contribution >= 4 is 27.5 Å². The van der Waals surface area contributed by atoms with Gasteiger partial charge in [-0.25, -0.2) is 13.1 Å². The lowest BCUT2D eigenvalue weighted by molar-refractivity contribution is -0.114. The Kier molecular flexibility index (Phi) is 8.82. The van der Waals surface area contributed by atoms with Crippen LogP contribution in [0.3, 0.4) is 0 Å². The van der Waals surface area contributed by atoms with Gasteiger partial charge in [0.2, 0.25) is 15.9 Å². The number of carbonyl (C=O) groups excluding carboxylic acids is 2. The van der Waals surface area contributed by atoms with Crippen LogP contribution in [0.25, 0.3) is 0 Å². The van der Waals surface area contributed by atoms with E-state index in [0.29, 0.717) is 17.2 Å². The van der Waals surface area contributed by atoms with Gasteiger partial charge >= 0.3 is 0 Å². The standard InChI is InChI=1S/C25H34N4O4S/c1-18(2)17-29-14-12-23(13-15-29)28-25(31)21-6-4-20(5-7-21)16-26-34(32,33)24-10-8-22(9-11-24)27-19(3)30/h4-11,18,23,26H,12-17H2,1-3H3,(H,27,30)(H,28,31). The fraction of sp³-hybridized carbons (Fsp3) is 0.440. The molecule has 3 rings (SSSR count). The van der Waals surface area contributed by atoms with E-state index in [1.54, 1.807) is 24.3 Å². The van der Waals surface area contributed by atoms with Gasteiger partial charge in [0.1, 0.15) is 0 Å². The molecule has 0 bridgehead atoms. The van der Waals surface area contributed by atoms with Gasteiger partial charge in [0, 0.05) is 50.4 Å². The number of carbonyl (C=O) groups is 2. The summed E-state index contributed by atoms with van der Waals surface area (Å²) in [5.41, 5.74) is 1.84. The first-order valence-corrected chi connectivity index (χ1v) is 13.1. The summed E-state index contributed by atoms with van der Waals surface area (Å²) in [6.45, 7) is 9.01. The topological polar surface area (TPSA) is 108 Å². The van der Waals surface area contributed by atoms with Gasteiger partial charge in [0.15, 0.2) is 0 Å². The zero-order valence-corrected chi connectivity index (χ0v) is 20.8. The molecule has 1 aliphatic rings. The van der Waals surface area contributed by atoms with Crippen LogP contribution in [0.4, 0.5) is 5.69 Å². The molecular formula is C25H34N4O4S. The van der Waals surface area contributed by atoms with Gasteiger partial charge in [-0.2, -0.15) is 0 Å². The second kappa shape index (κ2) is 11.6. The highest BCUT2D eigenvalue weighted by atomic mass is 32.2. The van der Waals surface area contributed by atoms with Gasteiger partial charge in [0.25, 0.3) is 5.91 Å². The molecule has 0 saturated carbocycles. The number of benzene rings is 2. The van der Waals surface area contributed by atoms with Gasteiger partial charge in [-0.3, -0.25) is 9.59 Å². The summed E-state index contributed by atoms with van der Waals surface area (Å²) < 4.78 is 27.7. The third kappa shape index (κ3) is 7.65. The number of piperidine rings is 1. The molecule has 1 aliphatic heterocycles. The second-order valence-corrected chi connectivity index (χ2v) is 10.9. The number of anilines is 1. The van der Waals surface area contributed by atoms with Gasteiger partial charge in [-0.1, -0.05) is 26.0 Å². The third-order valence-corrected chi connectivity index (χ3v) is 7.13. The molecular weight excluding hydrogens is 452 g/mol. The van der Waals surface area contributed by atoms with E-state index in [1.165, 1.54) is 31.2 Å². The zero-order chi connectivity index (χ0) is 24.7. The van der Waals surface area contributed by atoms with E-state index in [2.05, 4.69) is 34.1 Å². The SMILES string of the molecule is CC(=O)Nc1ccc(S(=O)(=O)NCc2ccc(C(=O)NC3CCN(CC(C)C)CC3)cc2)cc1. The lowest BCUT2D eigenvalue weighted by Gasteiger charge is -2.33. The van der Waals surface area contributed by atoms with Crippen molar-refractivity contribution in [1.29, 1.82) is 0 Å². The largest absolute Gasteiger partial charge is 0.349 e. The summed E-state index contributed by atoms with van der Waals surface area (Å²) in [5, 5.41) is 5.72. The maximum Gasteiger partial charge on any atom is 0.251 e. The number of rotatable bonds is 9. The zero-order valence-electron chi connectivity index (χ0n) is 20.0. The van der Waals surface area contributed by atoms with Crippen LogP contribution in [0.1, 0.15) is 49.5 Å². The summed E-state index contributed by atoms with van der Waals surface area (Å²) in [6.07, 6.45) is 1.90. The predicted molar refractivity (Wildman–Crippen MR) is 133 cm³/mol. The predicted octanol–water partition coefficient (Wildman–Crippen LogP) is 2.97. The van der Waals surface area contributed by atoms with E-state index in [0.717, 1.165) is 38.0 Å². The fourth-order valence-electron chi connectivity index (χ4n) is 4.00. The third-order valence-electron chi connectivity index (χ3n) is 5.71. The van der Waals surface area contributed by atoms with Crippen LogP contribution in [0, 0.1) is 5.92 Å². The van der Waals surface area contributed by atoms with Gasteiger partial charge in [0.05, 0.1) is 4.90 Å². The molecule has 0 unspecified atom stereocenters. The molecule has 2 aromatic rings. The summed E-state index contributed by atoms with van der Waals surface area (Å²) in [6, 6.07) is 13.1. The van der Waals surface area contributed by atoms with Crippen LogP contribution < -0.4 is 15.4 Å². The Bertz CT molecular complexity index is 1070. The molecule has 1 fully saturated rings. The Morgan fingerprint density at radius 2 is 1.62 bits per heavy atom. The Morgan fingerprint density at radius 3 is 2.18 bits per heavy atom. The monoisotopic (exact) mass is 486 g/mol. The van der Waals surface area contributed by atoms with Crippen molar-refractivity contribution in [1.82, 2.24) is 14.9 Å². The number of likely N-dealkylation sites (tertiary alicyclic amines) is 1. The lowest BCUT2D eigenvalue weighted by Crippen LogP contribution is -2.45. The molecule has 1 saturated heterocycles. The summed E-state index contributed by atoms with van der Waals surface area (Å²) >= 11 is 0. The van der Waals surface area contributed by atoms with Crippen molar-refractivity contribution in [3.8, 4) is 0 Å². The Hall–Kier alpha value is -2.75. The minimum absolute atomic E-state index is 0.103. The average Bonchev–Trinajstić information content (AvgIpc) is 2.79. The molecule has 0 atom stereocenters. The quantitative estimate of drug-likeness (QED) is 0.505. The number of amides is 2. The Balaban J connectivity index is 1.49. The molecule has 2 aromatic carbocycles. The van der Waals surface area contributed by atoms with Crippen LogP contribution in [-0.4, -0.2) is 50.8 Å². The fourth-order valence-corrected chi connectivity index (χ4v) is 5.02. The lowest BCUT2D eigenvalue weighted by atomic mass is 10.0. The Morgan fingerprint density at radius 1 is 1.00 bits per heavy atom. The minimum Gasteiger partial charge on any atom is -0.349 e. The first-order valence-electron chi connectivity index (χ1n) is 11.6. The molecule has 8 nitrogen and oxygen atoms in total. The van der Waals surface area contributed by atoms with Gasteiger partial charge in [-0.05, 0) is 60.7 Å². The molecule has 2 amide bonds. The number of nitrogens with zero attached hydrogens (tertiary/aromatic N) is 1. The van der Waals surface area contributed by atoms with Crippen LogP contribution in [0.15, 0.2) is 53.4 Å². The van der Waals surface area contributed by atoms with Crippen molar-refractivity contribution in [3.63, 3.8) is 0 Å². The molecule has 0 aliphatic carbocycles. The maximum atomic E-state index is 12.6. The van der Waals surface area contributed by atoms with E-state index < -0.39 is 10.0 Å². The highest BCUT2D eigenvalue weighted by Crippen LogP contribution is 2.16. The molecule has 9 heteroatoms. The normalized spacial score (nSPS) is 15.3. The van der Waals surface area contributed by atoms with E-state index >= 15 is 0 Å². The number of sulfonamides is 1. The summed E-state index contributed by atoms with van der Waals surface area (Å²) in [7, 11) is -3.71.